The normalized spacial score (nSPS) is 15.6. The van der Waals surface area contributed by atoms with E-state index in [-0.39, 0.29) is 6.54 Å². The topological polar surface area (TPSA) is 64.7 Å². The van der Waals surface area contributed by atoms with E-state index in [9.17, 15) is 5.11 Å². The van der Waals surface area contributed by atoms with Crippen molar-refractivity contribution in [2.24, 2.45) is 11.7 Å². The first-order valence-corrected chi connectivity index (χ1v) is 5.56. The van der Waals surface area contributed by atoms with Crippen molar-refractivity contribution in [1.82, 2.24) is 0 Å². The lowest BCUT2D eigenvalue weighted by molar-refractivity contribution is -0.000413. The van der Waals surface area contributed by atoms with Crippen molar-refractivity contribution in [1.29, 1.82) is 0 Å². The van der Waals surface area contributed by atoms with E-state index < -0.39 is 5.60 Å². The predicted octanol–water partition coefficient (Wildman–Crippen LogP) is 0.775. The van der Waals surface area contributed by atoms with Crippen LogP contribution in [0.3, 0.4) is 0 Å². The summed E-state index contributed by atoms with van der Waals surface area (Å²) in [6.45, 7) is 8.68. The van der Waals surface area contributed by atoms with E-state index >= 15 is 0 Å². The zero-order valence-electron chi connectivity index (χ0n) is 10.2. The van der Waals surface area contributed by atoms with E-state index in [1.807, 2.05) is 0 Å². The molecule has 0 aliphatic heterocycles. The molecular weight excluding hydrogens is 194 g/mol. The average molecular weight is 219 g/mol. The summed E-state index contributed by atoms with van der Waals surface area (Å²) in [6, 6.07) is 0. The molecule has 0 rings (SSSR count). The highest BCUT2D eigenvalue weighted by atomic mass is 16.5. The first-order valence-electron chi connectivity index (χ1n) is 5.56. The Balaban J connectivity index is 3.18. The maximum atomic E-state index is 9.56. The summed E-state index contributed by atoms with van der Waals surface area (Å²) >= 11 is 0. The van der Waals surface area contributed by atoms with E-state index in [0.29, 0.717) is 32.2 Å². The second-order valence-corrected chi connectivity index (χ2v) is 4.53. The Morgan fingerprint density at radius 3 is 2.33 bits per heavy atom. The quantitative estimate of drug-likeness (QED) is 0.562. The summed E-state index contributed by atoms with van der Waals surface area (Å²) in [4.78, 5) is 0. The molecule has 0 heterocycles. The van der Waals surface area contributed by atoms with Crippen molar-refractivity contribution in [2.45, 2.75) is 32.8 Å². The number of ether oxygens (including phenoxy) is 2. The molecular formula is C11H25NO3. The second-order valence-electron chi connectivity index (χ2n) is 4.53. The molecule has 0 bridgehead atoms. The van der Waals surface area contributed by atoms with Gasteiger partial charge < -0.3 is 20.3 Å². The highest BCUT2D eigenvalue weighted by molar-refractivity contribution is 4.72. The lowest BCUT2D eigenvalue weighted by Gasteiger charge is -2.20. The Bertz CT molecular complexity index is 149. The first kappa shape index (κ1) is 14.8. The van der Waals surface area contributed by atoms with Crippen molar-refractivity contribution in [3.63, 3.8) is 0 Å². The van der Waals surface area contributed by atoms with Crippen LogP contribution >= 0.6 is 0 Å². The van der Waals surface area contributed by atoms with Crippen LogP contribution in [-0.2, 0) is 9.47 Å². The molecule has 0 fully saturated rings. The first-order chi connectivity index (χ1) is 6.98. The summed E-state index contributed by atoms with van der Waals surface area (Å²) in [5.74, 6) is 0.558. The summed E-state index contributed by atoms with van der Waals surface area (Å²) < 4.78 is 10.7. The highest BCUT2D eigenvalue weighted by Crippen LogP contribution is 2.06. The fourth-order valence-corrected chi connectivity index (χ4v) is 0.933. The summed E-state index contributed by atoms with van der Waals surface area (Å²) in [7, 11) is 0. The maximum absolute atomic E-state index is 9.56. The van der Waals surface area contributed by atoms with Crippen LogP contribution in [0.2, 0.25) is 0 Å². The van der Waals surface area contributed by atoms with Gasteiger partial charge in [-0.15, -0.1) is 0 Å². The third-order valence-electron chi connectivity index (χ3n) is 2.05. The molecule has 0 spiro atoms. The predicted molar refractivity (Wildman–Crippen MR) is 60.8 cm³/mol. The Hall–Kier alpha value is -0.160. The molecule has 0 aliphatic carbocycles. The smallest absolute Gasteiger partial charge is 0.0763 e. The number of nitrogens with two attached hydrogens (primary N) is 1. The third kappa shape index (κ3) is 10.1. The molecule has 1 unspecified atom stereocenters. The van der Waals surface area contributed by atoms with Crippen molar-refractivity contribution in [2.75, 3.05) is 33.0 Å². The molecule has 0 aromatic carbocycles. The van der Waals surface area contributed by atoms with E-state index in [0.717, 1.165) is 6.61 Å². The van der Waals surface area contributed by atoms with Gasteiger partial charge >= 0.3 is 0 Å². The van der Waals surface area contributed by atoms with Gasteiger partial charge in [-0.3, -0.25) is 0 Å². The van der Waals surface area contributed by atoms with Crippen molar-refractivity contribution in [3.05, 3.63) is 0 Å². The zero-order valence-corrected chi connectivity index (χ0v) is 10.2. The van der Waals surface area contributed by atoms with Gasteiger partial charge in [0.2, 0.25) is 0 Å². The zero-order chi connectivity index (χ0) is 11.7. The van der Waals surface area contributed by atoms with Crippen LogP contribution in [0.4, 0.5) is 0 Å². The van der Waals surface area contributed by atoms with E-state index in [1.165, 1.54) is 0 Å². The SMILES string of the molecule is CC(C)COCCOCCC(C)(O)CN. The van der Waals surface area contributed by atoms with Gasteiger partial charge in [-0.25, -0.2) is 0 Å². The number of hydrogen-bond donors (Lipinski definition) is 2. The van der Waals surface area contributed by atoms with Crippen LogP contribution in [0.25, 0.3) is 0 Å². The molecule has 0 saturated carbocycles. The fourth-order valence-electron chi connectivity index (χ4n) is 0.933. The maximum Gasteiger partial charge on any atom is 0.0763 e. The molecule has 0 aromatic rings. The van der Waals surface area contributed by atoms with Gasteiger partial charge in [0.15, 0.2) is 0 Å². The minimum Gasteiger partial charge on any atom is -0.389 e. The van der Waals surface area contributed by atoms with Gasteiger partial charge in [-0.2, -0.15) is 0 Å². The lowest BCUT2D eigenvalue weighted by Crippen LogP contribution is -2.35. The minimum absolute atomic E-state index is 0.264. The molecule has 4 nitrogen and oxygen atoms in total. The van der Waals surface area contributed by atoms with Gasteiger partial charge in [-0.1, -0.05) is 13.8 Å². The largest absolute Gasteiger partial charge is 0.389 e. The summed E-state index contributed by atoms with van der Waals surface area (Å²) in [5, 5.41) is 9.56. The van der Waals surface area contributed by atoms with Crippen molar-refractivity contribution < 1.29 is 14.6 Å². The van der Waals surface area contributed by atoms with E-state index in [4.69, 9.17) is 15.2 Å². The van der Waals surface area contributed by atoms with Crippen LogP contribution in [0.5, 0.6) is 0 Å². The van der Waals surface area contributed by atoms with Crippen LogP contribution in [0, 0.1) is 5.92 Å². The van der Waals surface area contributed by atoms with E-state index in [2.05, 4.69) is 13.8 Å². The fraction of sp³-hybridized carbons (Fsp3) is 1.00. The highest BCUT2D eigenvalue weighted by Gasteiger charge is 2.16. The van der Waals surface area contributed by atoms with Gasteiger partial charge in [0.1, 0.15) is 0 Å². The second kappa shape index (κ2) is 8.05. The molecule has 3 N–H and O–H groups in total. The molecule has 0 aromatic heterocycles. The lowest BCUT2D eigenvalue weighted by atomic mass is 10.0. The molecule has 4 heteroatoms. The molecule has 0 amide bonds. The van der Waals surface area contributed by atoms with Gasteiger partial charge in [-0.05, 0) is 12.8 Å². The molecule has 0 saturated heterocycles. The van der Waals surface area contributed by atoms with Gasteiger partial charge in [0.25, 0.3) is 0 Å². The number of rotatable bonds is 9. The Labute approximate surface area is 92.7 Å². The average Bonchev–Trinajstić information content (AvgIpc) is 2.16. The molecule has 15 heavy (non-hydrogen) atoms. The minimum atomic E-state index is -0.807. The number of aliphatic hydroxyl groups is 1. The standard InChI is InChI=1S/C11H25NO3/c1-10(2)8-15-7-6-14-5-4-11(3,13)9-12/h10,13H,4-9,12H2,1-3H3. The van der Waals surface area contributed by atoms with Gasteiger partial charge in [0.05, 0.1) is 18.8 Å². The Morgan fingerprint density at radius 2 is 1.80 bits per heavy atom. The molecule has 1 atom stereocenters. The van der Waals surface area contributed by atoms with Crippen LogP contribution in [0.1, 0.15) is 27.2 Å². The summed E-state index contributed by atoms with van der Waals surface area (Å²) in [5.41, 5.74) is 4.57. The van der Waals surface area contributed by atoms with Gasteiger partial charge in [0, 0.05) is 26.2 Å². The van der Waals surface area contributed by atoms with Crippen LogP contribution in [0.15, 0.2) is 0 Å². The van der Waals surface area contributed by atoms with Crippen LogP contribution < -0.4 is 5.73 Å². The molecule has 0 aliphatic rings. The third-order valence-corrected chi connectivity index (χ3v) is 2.05. The summed E-state index contributed by atoms with van der Waals surface area (Å²) in [6.07, 6.45) is 0.563. The monoisotopic (exact) mass is 219 g/mol. The van der Waals surface area contributed by atoms with Crippen molar-refractivity contribution in [3.8, 4) is 0 Å². The molecule has 92 valence electrons. The number of hydrogen-bond acceptors (Lipinski definition) is 4. The Kier molecular flexibility index (Phi) is 7.96. The van der Waals surface area contributed by atoms with Crippen LogP contribution in [-0.4, -0.2) is 43.7 Å². The molecule has 0 radical (unpaired) electrons. The van der Waals surface area contributed by atoms with E-state index in [1.54, 1.807) is 6.92 Å². The van der Waals surface area contributed by atoms with Crippen molar-refractivity contribution >= 4 is 0 Å². The Morgan fingerprint density at radius 1 is 1.20 bits per heavy atom.